The number of halogens is 5. The highest BCUT2D eigenvalue weighted by molar-refractivity contribution is 6.42. The molecule has 37 heavy (non-hydrogen) atoms. The summed E-state index contributed by atoms with van der Waals surface area (Å²) >= 11 is 12.2. The number of fused-ring (bicyclic) bond motifs is 1. The van der Waals surface area contributed by atoms with Crippen LogP contribution in [0.4, 0.5) is 13.2 Å². The van der Waals surface area contributed by atoms with Gasteiger partial charge in [-0.05, 0) is 63.2 Å². The molecule has 2 heterocycles. The number of ether oxygens (including phenoxy) is 1. The van der Waals surface area contributed by atoms with Crippen molar-refractivity contribution in [2.24, 2.45) is 0 Å². The maximum atomic E-state index is 12.7. The molecule has 4 rings (SSSR count). The van der Waals surface area contributed by atoms with Crippen molar-refractivity contribution in [1.29, 1.82) is 0 Å². The molecule has 0 aliphatic carbocycles. The zero-order valence-corrected chi connectivity index (χ0v) is 21.6. The molecule has 12 heteroatoms. The number of carboxylic acid groups (broad SMARTS) is 1. The number of nitrogens with one attached hydrogen (secondary N) is 2. The zero-order chi connectivity index (χ0) is 27.3. The highest BCUT2D eigenvalue weighted by atomic mass is 35.5. The molecule has 3 N–H and O–H groups in total. The number of benzene rings is 2. The third-order valence-corrected chi connectivity index (χ3v) is 6.82. The van der Waals surface area contributed by atoms with Gasteiger partial charge >= 0.3 is 12.1 Å². The molecule has 1 fully saturated rings. The van der Waals surface area contributed by atoms with E-state index >= 15 is 0 Å². The normalized spacial score (nSPS) is 15.8. The number of carboxylic acids is 1. The van der Waals surface area contributed by atoms with Crippen LogP contribution in [0.5, 0.6) is 5.75 Å². The van der Waals surface area contributed by atoms with Crippen molar-refractivity contribution < 1.29 is 32.6 Å². The summed E-state index contributed by atoms with van der Waals surface area (Å²) < 4.78 is 37.2. The van der Waals surface area contributed by atoms with Gasteiger partial charge in [0.1, 0.15) is 5.75 Å². The second kappa shape index (κ2) is 12.1. The lowest BCUT2D eigenvalue weighted by molar-refractivity contribution is -0.192. The molecule has 0 spiro atoms. The Morgan fingerprint density at radius 3 is 2.46 bits per heavy atom. The fourth-order valence-electron chi connectivity index (χ4n) is 4.12. The predicted molar refractivity (Wildman–Crippen MR) is 137 cm³/mol. The van der Waals surface area contributed by atoms with Crippen LogP contribution in [0.2, 0.25) is 10.0 Å². The molecule has 1 saturated heterocycles. The van der Waals surface area contributed by atoms with E-state index in [2.05, 4.69) is 22.2 Å². The van der Waals surface area contributed by atoms with Crippen LogP contribution >= 0.6 is 23.2 Å². The Balaban J connectivity index is 0.000000479. The number of likely N-dealkylation sites (tertiary alicyclic amines) is 1. The first-order chi connectivity index (χ1) is 17.4. The number of H-pyrrole nitrogens is 1. The van der Waals surface area contributed by atoms with Gasteiger partial charge in [0.15, 0.2) is 0 Å². The maximum Gasteiger partial charge on any atom is 0.490 e. The highest BCUT2D eigenvalue weighted by Gasteiger charge is 2.38. The molecule has 1 unspecified atom stereocenters. The molecule has 1 aromatic heterocycles. The number of nitrogens with zero attached hydrogens (tertiary/aromatic N) is 1. The molecule has 0 saturated carbocycles. The molecule has 1 aliphatic rings. The number of aliphatic carboxylic acids is 1. The van der Waals surface area contributed by atoms with Crippen LogP contribution in [0.1, 0.15) is 29.6 Å². The standard InChI is InChI=1S/C23H25Cl2N3O2.C2HF3O2/c1-28-9-3-4-16(28)7-8-26-23(29)17-6-5-14(12-22(17)30-2)20-11-15-10-18(24)19(25)13-21(15)27-20;3-2(4,5)1(6)7/h5-6,10-13,16,27H,3-4,7-9H2,1-2H3,(H,26,29);(H,6,7). The van der Waals surface area contributed by atoms with Crippen molar-refractivity contribution >= 4 is 46.0 Å². The summed E-state index contributed by atoms with van der Waals surface area (Å²) in [5.74, 6) is -2.33. The van der Waals surface area contributed by atoms with Gasteiger partial charge in [0, 0.05) is 34.7 Å². The summed E-state index contributed by atoms with van der Waals surface area (Å²) in [5.41, 5.74) is 3.25. The fourth-order valence-corrected chi connectivity index (χ4v) is 4.46. The number of methoxy groups -OCH3 is 1. The number of hydrogen-bond acceptors (Lipinski definition) is 4. The maximum absolute atomic E-state index is 12.7. The van der Waals surface area contributed by atoms with E-state index in [9.17, 15) is 18.0 Å². The Hall–Kier alpha value is -2.95. The topological polar surface area (TPSA) is 94.7 Å². The minimum atomic E-state index is -5.08. The van der Waals surface area contributed by atoms with Crippen molar-refractivity contribution in [1.82, 2.24) is 15.2 Å². The first-order valence-corrected chi connectivity index (χ1v) is 12.1. The van der Waals surface area contributed by atoms with Crippen molar-refractivity contribution in [2.45, 2.75) is 31.5 Å². The third-order valence-electron chi connectivity index (χ3n) is 6.10. The minimum absolute atomic E-state index is 0.116. The number of hydrogen-bond donors (Lipinski definition) is 3. The molecule has 7 nitrogen and oxygen atoms in total. The van der Waals surface area contributed by atoms with Crippen LogP contribution in [0, 0.1) is 0 Å². The summed E-state index contributed by atoms with van der Waals surface area (Å²) in [4.78, 5) is 27.3. The quantitative estimate of drug-likeness (QED) is 0.344. The lowest BCUT2D eigenvalue weighted by atomic mass is 10.1. The van der Waals surface area contributed by atoms with Crippen LogP contribution in [0.25, 0.3) is 22.2 Å². The summed E-state index contributed by atoms with van der Waals surface area (Å²) in [6.07, 6.45) is -1.69. The van der Waals surface area contributed by atoms with E-state index in [1.54, 1.807) is 13.2 Å². The Morgan fingerprint density at radius 1 is 1.19 bits per heavy atom. The Bertz CT molecular complexity index is 1240. The lowest BCUT2D eigenvalue weighted by Crippen LogP contribution is -2.31. The molecule has 3 aromatic rings. The van der Waals surface area contributed by atoms with Gasteiger partial charge < -0.3 is 25.0 Å². The highest BCUT2D eigenvalue weighted by Crippen LogP contribution is 2.33. The number of aromatic nitrogens is 1. The number of carbonyl (C=O) groups excluding carboxylic acids is 1. The first kappa shape index (κ1) is 28.6. The smallest absolute Gasteiger partial charge is 0.490 e. The number of rotatable bonds is 6. The zero-order valence-electron chi connectivity index (χ0n) is 20.1. The summed E-state index contributed by atoms with van der Waals surface area (Å²) in [6, 6.07) is 11.8. The first-order valence-electron chi connectivity index (χ1n) is 11.4. The van der Waals surface area contributed by atoms with Crippen LogP contribution in [0.15, 0.2) is 36.4 Å². The average molecular weight is 560 g/mol. The predicted octanol–water partition coefficient (Wildman–Crippen LogP) is 6.00. The molecule has 0 bridgehead atoms. The molecule has 0 radical (unpaired) electrons. The van der Waals surface area contributed by atoms with Gasteiger partial charge in [0.2, 0.25) is 0 Å². The molecule has 1 aliphatic heterocycles. The molecule has 1 amide bonds. The van der Waals surface area contributed by atoms with Gasteiger partial charge in [0.25, 0.3) is 5.91 Å². The Morgan fingerprint density at radius 2 is 1.86 bits per heavy atom. The second-order valence-electron chi connectivity index (χ2n) is 8.58. The third kappa shape index (κ3) is 7.30. The van der Waals surface area contributed by atoms with Gasteiger partial charge in [-0.3, -0.25) is 4.79 Å². The Kier molecular flexibility index (Phi) is 9.33. The summed E-state index contributed by atoms with van der Waals surface area (Å²) in [5, 5.41) is 12.1. The summed E-state index contributed by atoms with van der Waals surface area (Å²) in [7, 11) is 3.72. The van der Waals surface area contributed by atoms with Gasteiger partial charge in [-0.2, -0.15) is 13.2 Å². The van der Waals surface area contributed by atoms with Gasteiger partial charge in [0.05, 0.1) is 22.7 Å². The number of amides is 1. The van der Waals surface area contributed by atoms with Crippen LogP contribution in [-0.2, 0) is 4.79 Å². The largest absolute Gasteiger partial charge is 0.496 e. The summed E-state index contributed by atoms with van der Waals surface area (Å²) in [6.45, 7) is 1.79. The van der Waals surface area contributed by atoms with Crippen molar-refractivity contribution in [3.05, 3.63) is 52.0 Å². The molecule has 2 aromatic carbocycles. The van der Waals surface area contributed by atoms with Gasteiger partial charge in [-0.15, -0.1) is 0 Å². The van der Waals surface area contributed by atoms with E-state index in [0.29, 0.717) is 33.9 Å². The molecular formula is C25H26Cl2F3N3O4. The number of aromatic amines is 1. The second-order valence-corrected chi connectivity index (χ2v) is 9.39. The molecular weight excluding hydrogens is 534 g/mol. The van der Waals surface area contributed by atoms with Crippen molar-refractivity contribution in [3.8, 4) is 17.0 Å². The van der Waals surface area contributed by atoms with E-state index in [0.717, 1.165) is 35.1 Å². The SMILES string of the molecule is COc1cc(-c2cc3cc(Cl)c(Cl)cc3[nH]2)ccc1C(=O)NCCC1CCCN1C.O=C(O)C(F)(F)F. The van der Waals surface area contributed by atoms with Crippen molar-refractivity contribution in [3.63, 3.8) is 0 Å². The lowest BCUT2D eigenvalue weighted by Gasteiger charge is -2.19. The molecule has 1 atom stereocenters. The monoisotopic (exact) mass is 559 g/mol. The van der Waals surface area contributed by atoms with Crippen LogP contribution in [0.3, 0.4) is 0 Å². The van der Waals surface area contributed by atoms with Crippen molar-refractivity contribution in [2.75, 3.05) is 27.2 Å². The van der Waals surface area contributed by atoms with Crippen LogP contribution < -0.4 is 10.1 Å². The molecule has 200 valence electrons. The van der Waals surface area contributed by atoms with E-state index < -0.39 is 12.1 Å². The van der Waals surface area contributed by atoms with E-state index in [4.69, 9.17) is 37.8 Å². The van der Waals surface area contributed by atoms with Gasteiger partial charge in [-0.25, -0.2) is 4.79 Å². The van der Waals surface area contributed by atoms with E-state index in [1.165, 1.54) is 12.8 Å². The van der Waals surface area contributed by atoms with E-state index in [1.807, 2.05) is 30.3 Å². The van der Waals surface area contributed by atoms with Crippen LogP contribution in [-0.4, -0.2) is 66.3 Å². The number of alkyl halides is 3. The fraction of sp³-hybridized carbons (Fsp3) is 0.360. The van der Waals surface area contributed by atoms with E-state index in [-0.39, 0.29) is 5.91 Å². The number of carbonyl (C=O) groups is 2. The van der Waals surface area contributed by atoms with Gasteiger partial charge in [-0.1, -0.05) is 29.3 Å². The average Bonchev–Trinajstić information content (AvgIpc) is 3.44. The Labute approximate surface area is 221 Å². The minimum Gasteiger partial charge on any atom is -0.496 e.